The minimum atomic E-state index is -1.49. The second kappa shape index (κ2) is 12.2. The first-order chi connectivity index (χ1) is 18.7. The zero-order valence-corrected chi connectivity index (χ0v) is 21.4. The van der Waals surface area contributed by atoms with Gasteiger partial charge in [-0.1, -0.05) is 97.6 Å². The molecule has 0 unspecified atom stereocenters. The van der Waals surface area contributed by atoms with E-state index in [9.17, 15) is 27.2 Å². The van der Waals surface area contributed by atoms with Gasteiger partial charge in [-0.2, -0.15) is 0 Å². The third-order valence-corrected chi connectivity index (χ3v) is 6.70. The second-order valence-electron chi connectivity index (χ2n) is 9.08. The SMILES string of the molecule is CCc1ccc(B(C(=O)OC(=O)B(c2ccc(CC)cc2)c2cccc(F)c2F)c2cccc(F)c2F)cc1. The monoisotopic (exact) mass is 530 g/mol. The van der Waals surface area contributed by atoms with E-state index in [0.29, 0.717) is 12.8 Å². The van der Waals surface area contributed by atoms with Gasteiger partial charge in [-0.25, -0.2) is 17.6 Å². The lowest BCUT2D eigenvalue weighted by molar-refractivity contribution is 0.183. The van der Waals surface area contributed by atoms with E-state index in [0.717, 1.165) is 23.3 Å². The maximum Gasteiger partial charge on any atom is 0.346 e. The molecule has 0 aliphatic heterocycles. The average Bonchev–Trinajstić information content (AvgIpc) is 2.94. The fraction of sp³-hybridized carbons (Fsp3) is 0.133. The summed E-state index contributed by atoms with van der Waals surface area (Å²) in [6.07, 6.45) is 1.42. The van der Waals surface area contributed by atoms with Gasteiger partial charge in [-0.15, -0.1) is 0 Å². The van der Waals surface area contributed by atoms with Crippen LogP contribution in [-0.2, 0) is 17.6 Å². The minimum absolute atomic E-state index is 0.273. The van der Waals surface area contributed by atoms with Crippen LogP contribution in [0.25, 0.3) is 0 Å². The van der Waals surface area contributed by atoms with Gasteiger partial charge in [0.2, 0.25) is 0 Å². The molecule has 0 atom stereocenters. The number of benzene rings is 4. The summed E-state index contributed by atoms with van der Waals surface area (Å²) in [7, 11) is 0. The second-order valence-corrected chi connectivity index (χ2v) is 9.08. The highest BCUT2D eigenvalue weighted by atomic mass is 19.2. The number of halogens is 4. The van der Waals surface area contributed by atoms with Crippen molar-refractivity contribution < 1.29 is 31.9 Å². The van der Waals surface area contributed by atoms with Crippen LogP contribution in [0, 0.1) is 23.3 Å². The lowest BCUT2D eigenvalue weighted by atomic mass is 9.39. The maximum atomic E-state index is 14.9. The van der Waals surface area contributed by atoms with Crippen LogP contribution in [0.4, 0.5) is 27.2 Å². The zero-order chi connectivity index (χ0) is 28.1. The first kappa shape index (κ1) is 27.9. The van der Waals surface area contributed by atoms with Gasteiger partial charge in [0.05, 0.1) is 0 Å². The molecule has 0 aliphatic rings. The van der Waals surface area contributed by atoms with Crippen molar-refractivity contribution in [2.45, 2.75) is 26.7 Å². The summed E-state index contributed by atoms with van der Waals surface area (Å²) in [4.78, 5) is 27.0. The van der Waals surface area contributed by atoms with Crippen LogP contribution in [0.1, 0.15) is 25.0 Å². The molecule has 0 radical (unpaired) electrons. The van der Waals surface area contributed by atoms with E-state index in [1.807, 2.05) is 13.8 Å². The third-order valence-electron chi connectivity index (χ3n) is 6.70. The maximum absolute atomic E-state index is 14.9. The van der Waals surface area contributed by atoms with E-state index >= 15 is 0 Å². The third kappa shape index (κ3) is 5.98. The molecular formula is C30H24B2F4O3. The molecule has 0 spiro atoms. The van der Waals surface area contributed by atoms with Gasteiger partial charge in [0.25, 0.3) is 11.7 Å². The molecule has 4 aromatic carbocycles. The van der Waals surface area contributed by atoms with Gasteiger partial charge < -0.3 is 4.74 Å². The number of carbonyl (C=O) groups is 2. The number of rotatable bonds is 8. The lowest BCUT2D eigenvalue weighted by Crippen LogP contribution is -2.56. The summed E-state index contributed by atoms with van der Waals surface area (Å²) in [5.74, 6) is -7.21. The summed E-state index contributed by atoms with van der Waals surface area (Å²) in [5.41, 5.74) is 1.79. The van der Waals surface area contributed by atoms with Crippen LogP contribution in [-0.4, -0.2) is 25.2 Å². The van der Waals surface area contributed by atoms with Gasteiger partial charge in [-0.05, 0) is 47.0 Å². The summed E-state index contributed by atoms with van der Waals surface area (Å²) in [6.45, 7) is 0.890. The molecule has 0 aromatic heterocycles. The Morgan fingerprint density at radius 1 is 0.590 bits per heavy atom. The molecule has 0 saturated carbocycles. The van der Waals surface area contributed by atoms with Gasteiger partial charge in [0.1, 0.15) is 0 Å². The fourth-order valence-corrected chi connectivity index (χ4v) is 4.48. The van der Waals surface area contributed by atoms with E-state index in [4.69, 9.17) is 4.74 Å². The Kier molecular flexibility index (Phi) is 8.69. The summed E-state index contributed by atoms with van der Waals surface area (Å²) < 4.78 is 63.3. The molecule has 0 bridgehead atoms. The molecule has 0 aliphatic carbocycles. The molecule has 196 valence electrons. The van der Waals surface area contributed by atoms with E-state index < -0.39 is 48.4 Å². The highest BCUT2D eigenvalue weighted by Gasteiger charge is 2.39. The van der Waals surface area contributed by atoms with Crippen LogP contribution in [0.15, 0.2) is 84.9 Å². The molecule has 4 rings (SSSR count). The minimum Gasteiger partial charge on any atom is -0.409 e. The van der Waals surface area contributed by atoms with E-state index in [2.05, 4.69) is 0 Å². The Morgan fingerprint density at radius 3 is 1.28 bits per heavy atom. The van der Waals surface area contributed by atoms with Crippen molar-refractivity contribution in [3.05, 3.63) is 119 Å². The Balaban J connectivity index is 1.76. The zero-order valence-electron chi connectivity index (χ0n) is 21.4. The van der Waals surface area contributed by atoms with Crippen LogP contribution in [0.3, 0.4) is 0 Å². The highest BCUT2D eigenvalue weighted by Crippen LogP contribution is 2.10. The van der Waals surface area contributed by atoms with Gasteiger partial charge in [0, 0.05) is 0 Å². The van der Waals surface area contributed by atoms with Gasteiger partial charge >= 0.3 is 13.4 Å². The first-order valence-electron chi connectivity index (χ1n) is 12.6. The van der Waals surface area contributed by atoms with Crippen molar-refractivity contribution >= 4 is 47.0 Å². The number of hydrogen-bond donors (Lipinski definition) is 0. The quantitative estimate of drug-likeness (QED) is 0.189. The van der Waals surface area contributed by atoms with Gasteiger partial charge in [0.15, 0.2) is 23.3 Å². The first-order valence-corrected chi connectivity index (χ1v) is 12.6. The molecular weight excluding hydrogens is 506 g/mol. The van der Waals surface area contributed by atoms with Crippen molar-refractivity contribution in [1.82, 2.24) is 0 Å². The standard InChI is InChI=1S/C30H24B2F4O3/c1-3-19-11-15-21(16-12-19)31(23-7-5-9-25(33)27(23)35)29(37)39-30(38)32(22-17-13-20(4-2)14-18-22)24-8-6-10-26(34)28(24)36/h5-18H,3-4H2,1-2H3. The van der Waals surface area contributed by atoms with Gasteiger partial charge in [-0.3, -0.25) is 9.59 Å². The van der Waals surface area contributed by atoms with Crippen molar-refractivity contribution in [2.75, 3.05) is 0 Å². The van der Waals surface area contributed by atoms with E-state index in [1.54, 1.807) is 48.5 Å². The molecule has 0 fully saturated rings. The largest absolute Gasteiger partial charge is 0.409 e. The van der Waals surface area contributed by atoms with Crippen LogP contribution >= 0.6 is 0 Å². The number of aryl methyl sites for hydroxylation is 2. The van der Waals surface area contributed by atoms with Crippen LogP contribution < -0.4 is 21.9 Å². The van der Waals surface area contributed by atoms with Crippen LogP contribution in [0.2, 0.25) is 0 Å². The molecule has 3 nitrogen and oxygen atoms in total. The topological polar surface area (TPSA) is 43.4 Å². The molecule has 0 N–H and O–H groups in total. The summed E-state index contributed by atoms with van der Waals surface area (Å²) >= 11 is 0. The Hall–Kier alpha value is -4.13. The van der Waals surface area contributed by atoms with Crippen molar-refractivity contribution in [2.24, 2.45) is 0 Å². The molecule has 0 saturated heterocycles. The van der Waals surface area contributed by atoms with Crippen LogP contribution in [0.5, 0.6) is 0 Å². The molecule has 4 aromatic rings. The summed E-state index contributed by atoms with van der Waals surface area (Å²) in [6, 6.07) is 20.0. The molecule has 39 heavy (non-hydrogen) atoms. The molecule has 0 heterocycles. The molecule has 9 heteroatoms. The lowest BCUT2D eigenvalue weighted by Gasteiger charge is -2.18. The number of carbonyl (C=O) groups excluding carboxylic acids is 2. The fourth-order valence-electron chi connectivity index (χ4n) is 4.48. The summed E-state index contributed by atoms with van der Waals surface area (Å²) in [5, 5.41) is 0. The Bertz CT molecular complexity index is 1380. The van der Waals surface area contributed by atoms with Crippen molar-refractivity contribution in [1.29, 1.82) is 0 Å². The predicted molar refractivity (Wildman–Crippen MR) is 146 cm³/mol. The predicted octanol–water partition coefficient (Wildman–Crippen LogP) is 4.71. The molecule has 0 amide bonds. The van der Waals surface area contributed by atoms with Crippen molar-refractivity contribution in [3.63, 3.8) is 0 Å². The normalized spacial score (nSPS) is 10.7. The van der Waals surface area contributed by atoms with Crippen molar-refractivity contribution in [3.8, 4) is 0 Å². The van der Waals surface area contributed by atoms with E-state index in [1.165, 1.54) is 24.3 Å². The Labute approximate surface area is 225 Å². The van der Waals surface area contributed by atoms with E-state index in [-0.39, 0.29) is 21.9 Å². The highest BCUT2D eigenvalue weighted by molar-refractivity contribution is 7.10. The number of hydrogen-bond acceptors (Lipinski definition) is 3. The Morgan fingerprint density at radius 2 is 0.949 bits per heavy atom. The smallest absolute Gasteiger partial charge is 0.346 e. The average molecular weight is 530 g/mol. The number of ether oxygens (including phenoxy) is 1.